The quantitative estimate of drug-likeness (QED) is 0.776. The molecule has 3 unspecified atom stereocenters. The first-order valence-electron chi connectivity index (χ1n) is 6.51. The van der Waals surface area contributed by atoms with Crippen LogP contribution in [0.25, 0.3) is 0 Å². The maximum atomic E-state index is 5.83. The highest BCUT2D eigenvalue weighted by Gasteiger charge is 2.32. The van der Waals surface area contributed by atoms with E-state index in [4.69, 9.17) is 16.3 Å². The van der Waals surface area contributed by atoms with Gasteiger partial charge in [0.15, 0.2) is 0 Å². The van der Waals surface area contributed by atoms with Gasteiger partial charge in [0.25, 0.3) is 0 Å². The molecule has 0 N–H and O–H groups in total. The van der Waals surface area contributed by atoms with Crippen molar-refractivity contribution in [1.82, 2.24) is 9.88 Å². The topological polar surface area (TPSA) is 25.4 Å². The van der Waals surface area contributed by atoms with Crippen molar-refractivity contribution in [2.45, 2.75) is 50.8 Å². The lowest BCUT2D eigenvalue weighted by Gasteiger charge is -2.32. The van der Waals surface area contributed by atoms with E-state index in [1.165, 1.54) is 5.01 Å². The molecule has 1 aromatic heterocycles. The summed E-state index contributed by atoms with van der Waals surface area (Å²) in [4.78, 5) is 7.05. The van der Waals surface area contributed by atoms with Crippen LogP contribution in [0.1, 0.15) is 43.4 Å². The summed E-state index contributed by atoms with van der Waals surface area (Å²) in [6.45, 7) is 5.24. The van der Waals surface area contributed by atoms with Crippen molar-refractivity contribution >= 4 is 22.9 Å². The predicted molar refractivity (Wildman–Crippen MR) is 76.3 cm³/mol. The molecule has 1 aliphatic heterocycles. The average Bonchev–Trinajstić information content (AvgIpc) is 2.98. The van der Waals surface area contributed by atoms with Crippen LogP contribution in [0.4, 0.5) is 0 Å². The van der Waals surface area contributed by atoms with Gasteiger partial charge in [0.1, 0.15) is 5.01 Å². The minimum Gasteiger partial charge on any atom is -0.377 e. The first-order valence-corrected chi connectivity index (χ1v) is 7.92. The molecule has 0 amide bonds. The van der Waals surface area contributed by atoms with Gasteiger partial charge in [0.05, 0.1) is 23.7 Å². The van der Waals surface area contributed by atoms with Crippen LogP contribution >= 0.6 is 22.9 Å². The number of ether oxygens (including phenoxy) is 1. The van der Waals surface area contributed by atoms with Gasteiger partial charge in [-0.1, -0.05) is 6.92 Å². The summed E-state index contributed by atoms with van der Waals surface area (Å²) in [5, 5.41) is 3.24. The fourth-order valence-corrected chi connectivity index (χ4v) is 3.94. The molecule has 3 nitrogen and oxygen atoms in total. The van der Waals surface area contributed by atoms with Gasteiger partial charge >= 0.3 is 0 Å². The zero-order valence-corrected chi connectivity index (χ0v) is 12.8. The van der Waals surface area contributed by atoms with E-state index in [9.17, 15) is 0 Å². The van der Waals surface area contributed by atoms with Crippen LogP contribution in [0.15, 0.2) is 5.38 Å². The molecule has 0 spiro atoms. The summed E-state index contributed by atoms with van der Waals surface area (Å²) >= 11 is 7.55. The number of likely N-dealkylation sites (N-methyl/N-ethyl adjacent to an activating group) is 1. The van der Waals surface area contributed by atoms with E-state index in [1.54, 1.807) is 11.3 Å². The van der Waals surface area contributed by atoms with Gasteiger partial charge in [-0.3, -0.25) is 4.90 Å². The second-order valence-electron chi connectivity index (χ2n) is 4.83. The molecule has 18 heavy (non-hydrogen) atoms. The Bertz CT molecular complexity index is 385. The van der Waals surface area contributed by atoms with Gasteiger partial charge in [0, 0.05) is 18.0 Å². The Balaban J connectivity index is 2.12. The van der Waals surface area contributed by atoms with Gasteiger partial charge in [-0.25, -0.2) is 4.98 Å². The largest absolute Gasteiger partial charge is 0.377 e. The molecule has 0 radical (unpaired) electrons. The van der Waals surface area contributed by atoms with Crippen molar-refractivity contribution in [3.63, 3.8) is 0 Å². The molecule has 1 saturated heterocycles. The van der Waals surface area contributed by atoms with E-state index in [-0.39, 0.29) is 0 Å². The summed E-state index contributed by atoms with van der Waals surface area (Å²) in [5.74, 6) is 0.500. The highest BCUT2D eigenvalue weighted by Crippen LogP contribution is 2.31. The van der Waals surface area contributed by atoms with E-state index in [2.05, 4.69) is 36.2 Å². The molecule has 1 aromatic rings. The lowest BCUT2D eigenvalue weighted by atomic mass is 10.1. The molecule has 0 saturated carbocycles. The van der Waals surface area contributed by atoms with Gasteiger partial charge in [-0.05, 0) is 26.8 Å². The third-order valence-corrected chi connectivity index (χ3v) is 5.00. The highest BCUT2D eigenvalue weighted by atomic mass is 35.5. The van der Waals surface area contributed by atoms with Crippen molar-refractivity contribution in [2.24, 2.45) is 0 Å². The lowest BCUT2D eigenvalue weighted by molar-refractivity contribution is 0.0661. The summed E-state index contributed by atoms with van der Waals surface area (Å²) in [7, 11) is 2.19. The number of hydrogen-bond donors (Lipinski definition) is 0. The Morgan fingerprint density at radius 1 is 1.67 bits per heavy atom. The van der Waals surface area contributed by atoms with Crippen molar-refractivity contribution < 1.29 is 4.74 Å². The summed E-state index contributed by atoms with van der Waals surface area (Å²) in [5.41, 5.74) is 0.985. The SMILES string of the molecule is CCC(c1nc(CCl)cs1)N(C)C1CCOC1C. The van der Waals surface area contributed by atoms with Gasteiger partial charge in [-0.15, -0.1) is 22.9 Å². The molecule has 5 heteroatoms. The summed E-state index contributed by atoms with van der Waals surface area (Å²) in [6.07, 6.45) is 2.49. The number of nitrogens with zero attached hydrogens (tertiary/aromatic N) is 2. The van der Waals surface area contributed by atoms with Gasteiger partial charge in [0.2, 0.25) is 0 Å². The number of halogens is 1. The fraction of sp³-hybridized carbons (Fsp3) is 0.769. The third-order valence-electron chi connectivity index (χ3n) is 3.73. The monoisotopic (exact) mass is 288 g/mol. The van der Waals surface area contributed by atoms with Gasteiger partial charge < -0.3 is 4.74 Å². The molecule has 3 atom stereocenters. The maximum absolute atomic E-state index is 5.83. The van der Waals surface area contributed by atoms with Crippen molar-refractivity contribution in [2.75, 3.05) is 13.7 Å². The predicted octanol–water partition coefficient (Wildman–Crippen LogP) is 3.44. The van der Waals surface area contributed by atoms with Crippen LogP contribution in [-0.4, -0.2) is 35.7 Å². The van der Waals surface area contributed by atoms with Crippen LogP contribution < -0.4 is 0 Å². The van der Waals surface area contributed by atoms with Crippen LogP contribution in [0.5, 0.6) is 0 Å². The zero-order chi connectivity index (χ0) is 13.1. The lowest BCUT2D eigenvalue weighted by Crippen LogP contribution is -2.39. The summed E-state index contributed by atoms with van der Waals surface area (Å²) < 4.78 is 5.66. The molecule has 0 bridgehead atoms. The van der Waals surface area contributed by atoms with E-state index in [0.29, 0.717) is 24.1 Å². The first kappa shape index (κ1) is 14.3. The van der Waals surface area contributed by atoms with Crippen LogP contribution in [-0.2, 0) is 10.6 Å². The average molecular weight is 289 g/mol. The third kappa shape index (κ3) is 2.87. The first-order chi connectivity index (χ1) is 8.67. The number of rotatable bonds is 5. The zero-order valence-electron chi connectivity index (χ0n) is 11.2. The molecule has 2 heterocycles. The minimum atomic E-state index is 0.316. The smallest absolute Gasteiger partial charge is 0.110 e. The van der Waals surface area contributed by atoms with Crippen LogP contribution in [0.3, 0.4) is 0 Å². The Morgan fingerprint density at radius 3 is 2.94 bits per heavy atom. The molecule has 1 fully saturated rings. The number of thiazole rings is 1. The number of alkyl halides is 1. The van der Waals surface area contributed by atoms with E-state index >= 15 is 0 Å². The van der Waals surface area contributed by atoms with Crippen molar-refractivity contribution in [3.8, 4) is 0 Å². The number of hydrogen-bond acceptors (Lipinski definition) is 4. The maximum Gasteiger partial charge on any atom is 0.110 e. The van der Waals surface area contributed by atoms with E-state index < -0.39 is 0 Å². The highest BCUT2D eigenvalue weighted by molar-refractivity contribution is 7.09. The fourth-order valence-electron chi connectivity index (χ4n) is 2.66. The summed E-state index contributed by atoms with van der Waals surface area (Å²) in [6, 6.07) is 0.874. The van der Waals surface area contributed by atoms with Crippen molar-refractivity contribution in [1.29, 1.82) is 0 Å². The molecular weight excluding hydrogens is 268 g/mol. The Labute approximate surface area is 118 Å². The molecule has 1 aliphatic rings. The second-order valence-corrected chi connectivity index (χ2v) is 5.99. The second kappa shape index (κ2) is 6.33. The Morgan fingerprint density at radius 2 is 2.44 bits per heavy atom. The molecular formula is C13H21ClN2OS. The van der Waals surface area contributed by atoms with Crippen LogP contribution in [0.2, 0.25) is 0 Å². The number of aromatic nitrogens is 1. The molecule has 0 aromatic carbocycles. The Kier molecular flexibility index (Phi) is 5.01. The Hall–Kier alpha value is -0.160. The molecule has 2 rings (SSSR count). The molecule has 0 aliphatic carbocycles. The standard InChI is InChI=1S/C13H21ClN2OS/c1-4-11(13-15-10(7-14)8-18-13)16(3)12-5-6-17-9(12)2/h8-9,11-12H,4-7H2,1-3H3. The van der Waals surface area contributed by atoms with E-state index in [1.807, 2.05) is 0 Å². The van der Waals surface area contributed by atoms with E-state index in [0.717, 1.165) is 25.1 Å². The van der Waals surface area contributed by atoms with Crippen LogP contribution in [0, 0.1) is 0 Å². The van der Waals surface area contributed by atoms with Crippen molar-refractivity contribution in [3.05, 3.63) is 16.1 Å². The minimum absolute atomic E-state index is 0.316. The normalized spacial score (nSPS) is 25.8. The molecule has 102 valence electrons. The van der Waals surface area contributed by atoms with Gasteiger partial charge in [-0.2, -0.15) is 0 Å².